The average Bonchev–Trinajstić information content (AvgIpc) is 2.75. The second-order valence-corrected chi connectivity index (χ2v) is 6.04. The van der Waals surface area contributed by atoms with Crippen molar-refractivity contribution in [2.24, 2.45) is 0 Å². The molecular formula is C22H20N2O5. The number of ether oxygens (including phenoxy) is 2. The fraction of sp³-hybridized carbons (Fsp3) is 0.136. The first-order valence-electron chi connectivity index (χ1n) is 8.98. The van der Waals surface area contributed by atoms with Crippen LogP contribution in [0.3, 0.4) is 0 Å². The topological polar surface area (TPSA) is 86.6 Å². The maximum absolute atomic E-state index is 12.7. The Morgan fingerprint density at radius 2 is 1.76 bits per heavy atom. The highest BCUT2D eigenvalue weighted by Crippen LogP contribution is 2.19. The highest BCUT2D eigenvalue weighted by atomic mass is 16.5. The standard InChI is InChI=1S/C22H20N2O5/c1-3-29-19-11-7-4-8-15(19)12-13-20(25)23-24-14-18(22(27)28-2)16-9-5-6-10-17(16)21(24)26/h4-14H,3H2,1-2H3,(H,23,25). The van der Waals surface area contributed by atoms with Crippen molar-refractivity contribution in [3.05, 3.63) is 82.3 Å². The van der Waals surface area contributed by atoms with E-state index in [1.807, 2.05) is 25.1 Å². The molecule has 0 saturated carbocycles. The molecule has 148 valence electrons. The summed E-state index contributed by atoms with van der Waals surface area (Å²) in [6, 6.07) is 13.9. The van der Waals surface area contributed by atoms with Crippen molar-refractivity contribution in [3.8, 4) is 5.75 Å². The molecule has 29 heavy (non-hydrogen) atoms. The van der Waals surface area contributed by atoms with Crippen LogP contribution in [0.4, 0.5) is 0 Å². The third-order valence-electron chi connectivity index (χ3n) is 4.19. The van der Waals surface area contributed by atoms with Crippen LogP contribution < -0.4 is 15.7 Å². The fourth-order valence-corrected chi connectivity index (χ4v) is 2.87. The molecule has 0 aliphatic heterocycles. The van der Waals surface area contributed by atoms with E-state index in [1.54, 1.807) is 36.4 Å². The molecule has 0 unspecified atom stereocenters. The summed E-state index contributed by atoms with van der Waals surface area (Å²) in [6.45, 7) is 2.37. The first-order chi connectivity index (χ1) is 14.0. The maximum atomic E-state index is 12.7. The molecule has 0 radical (unpaired) electrons. The van der Waals surface area contributed by atoms with Gasteiger partial charge in [-0.2, -0.15) is 0 Å². The first-order valence-corrected chi connectivity index (χ1v) is 8.98. The molecule has 2 aromatic carbocycles. The van der Waals surface area contributed by atoms with E-state index >= 15 is 0 Å². The molecule has 0 atom stereocenters. The minimum atomic E-state index is -0.606. The van der Waals surface area contributed by atoms with E-state index in [1.165, 1.54) is 19.4 Å². The van der Waals surface area contributed by atoms with Crippen molar-refractivity contribution in [1.82, 2.24) is 4.68 Å². The van der Waals surface area contributed by atoms with E-state index in [9.17, 15) is 14.4 Å². The van der Waals surface area contributed by atoms with Gasteiger partial charge in [-0.15, -0.1) is 0 Å². The van der Waals surface area contributed by atoms with Gasteiger partial charge in [0.05, 0.1) is 19.3 Å². The van der Waals surface area contributed by atoms with Gasteiger partial charge in [-0.05, 0) is 25.1 Å². The van der Waals surface area contributed by atoms with Crippen LogP contribution >= 0.6 is 0 Å². The fourth-order valence-electron chi connectivity index (χ4n) is 2.87. The number of amides is 1. The highest BCUT2D eigenvalue weighted by molar-refractivity contribution is 6.04. The molecule has 3 aromatic rings. The van der Waals surface area contributed by atoms with Crippen molar-refractivity contribution in [1.29, 1.82) is 0 Å². The second-order valence-electron chi connectivity index (χ2n) is 6.04. The SMILES string of the molecule is CCOc1ccccc1C=CC(=O)Nn1cc(C(=O)OC)c2ccccc2c1=O. The van der Waals surface area contributed by atoms with Crippen LogP contribution in [0.2, 0.25) is 0 Å². The molecule has 0 saturated heterocycles. The van der Waals surface area contributed by atoms with Crippen LogP contribution in [0.15, 0.2) is 65.6 Å². The van der Waals surface area contributed by atoms with Gasteiger partial charge in [0, 0.05) is 28.6 Å². The zero-order valence-corrected chi connectivity index (χ0v) is 16.0. The van der Waals surface area contributed by atoms with Gasteiger partial charge < -0.3 is 9.47 Å². The summed E-state index contributed by atoms with van der Waals surface area (Å²) in [7, 11) is 1.25. The molecule has 3 rings (SSSR count). The van der Waals surface area contributed by atoms with Crippen molar-refractivity contribution in [3.63, 3.8) is 0 Å². The van der Waals surface area contributed by atoms with Gasteiger partial charge in [-0.3, -0.25) is 15.0 Å². The monoisotopic (exact) mass is 392 g/mol. The van der Waals surface area contributed by atoms with E-state index in [-0.39, 0.29) is 5.56 Å². The van der Waals surface area contributed by atoms with Gasteiger partial charge >= 0.3 is 5.97 Å². The molecule has 7 nitrogen and oxygen atoms in total. The Bertz CT molecular complexity index is 1150. The van der Waals surface area contributed by atoms with Crippen LogP contribution in [-0.2, 0) is 9.53 Å². The summed E-state index contributed by atoms with van der Waals surface area (Å²) < 4.78 is 11.3. The van der Waals surface area contributed by atoms with Crippen molar-refractivity contribution >= 4 is 28.7 Å². The molecule has 1 amide bonds. The summed E-state index contributed by atoms with van der Waals surface area (Å²) >= 11 is 0. The molecule has 0 bridgehead atoms. The van der Waals surface area contributed by atoms with Crippen molar-refractivity contribution in [2.75, 3.05) is 19.1 Å². The lowest BCUT2D eigenvalue weighted by Crippen LogP contribution is -2.33. The number of fused-ring (bicyclic) bond motifs is 1. The Morgan fingerprint density at radius 1 is 1.07 bits per heavy atom. The van der Waals surface area contributed by atoms with E-state index < -0.39 is 17.4 Å². The van der Waals surface area contributed by atoms with Gasteiger partial charge in [0.15, 0.2) is 0 Å². The van der Waals surface area contributed by atoms with Gasteiger partial charge in [0.25, 0.3) is 11.5 Å². The summed E-state index contributed by atoms with van der Waals surface area (Å²) in [6.07, 6.45) is 4.14. The number of pyridine rings is 1. The summed E-state index contributed by atoms with van der Waals surface area (Å²) in [4.78, 5) is 37.2. The lowest BCUT2D eigenvalue weighted by atomic mass is 10.1. The Hall–Kier alpha value is -3.87. The van der Waals surface area contributed by atoms with Gasteiger partial charge in [0.1, 0.15) is 5.75 Å². The number of hydrogen-bond acceptors (Lipinski definition) is 5. The van der Waals surface area contributed by atoms with Crippen LogP contribution in [0.5, 0.6) is 5.75 Å². The molecule has 0 aliphatic rings. The number of methoxy groups -OCH3 is 1. The predicted octanol–water partition coefficient (Wildman–Crippen LogP) is 2.97. The number of hydrogen-bond donors (Lipinski definition) is 1. The summed E-state index contributed by atoms with van der Waals surface area (Å²) in [5.74, 6) is -0.496. The average molecular weight is 392 g/mol. The number of para-hydroxylation sites is 1. The number of esters is 1. The quantitative estimate of drug-likeness (QED) is 0.515. The Balaban J connectivity index is 1.92. The van der Waals surface area contributed by atoms with Crippen LogP contribution in [0.1, 0.15) is 22.8 Å². The lowest BCUT2D eigenvalue weighted by Gasteiger charge is -2.11. The van der Waals surface area contributed by atoms with Crippen LogP contribution in [0, 0.1) is 0 Å². The minimum absolute atomic E-state index is 0.175. The summed E-state index contributed by atoms with van der Waals surface area (Å²) in [5, 5.41) is 0.748. The predicted molar refractivity (Wildman–Crippen MR) is 111 cm³/mol. The summed E-state index contributed by atoms with van der Waals surface area (Å²) in [5.41, 5.74) is 2.92. The van der Waals surface area contributed by atoms with E-state index in [4.69, 9.17) is 9.47 Å². The molecular weight excluding hydrogens is 372 g/mol. The first kappa shape index (κ1) is 19.9. The minimum Gasteiger partial charge on any atom is -0.493 e. The molecule has 7 heteroatoms. The molecule has 0 spiro atoms. The van der Waals surface area contributed by atoms with Gasteiger partial charge in [0.2, 0.25) is 0 Å². The van der Waals surface area contributed by atoms with Crippen molar-refractivity contribution in [2.45, 2.75) is 6.92 Å². The Kier molecular flexibility index (Phi) is 6.09. The normalized spacial score (nSPS) is 10.8. The zero-order chi connectivity index (χ0) is 20.8. The Morgan fingerprint density at radius 3 is 2.48 bits per heavy atom. The van der Waals surface area contributed by atoms with Gasteiger partial charge in [-0.1, -0.05) is 36.4 Å². The molecule has 1 aromatic heterocycles. The number of aromatic nitrogens is 1. The Labute approximate surface area is 167 Å². The highest BCUT2D eigenvalue weighted by Gasteiger charge is 2.15. The van der Waals surface area contributed by atoms with E-state index in [2.05, 4.69) is 5.43 Å². The van der Waals surface area contributed by atoms with E-state index in [0.717, 1.165) is 10.2 Å². The number of carbonyl (C=O) groups is 2. The van der Waals surface area contributed by atoms with Gasteiger partial charge in [-0.25, -0.2) is 9.47 Å². The number of benzene rings is 2. The molecule has 0 aliphatic carbocycles. The molecule has 1 heterocycles. The third kappa shape index (κ3) is 4.35. The largest absolute Gasteiger partial charge is 0.493 e. The zero-order valence-electron chi connectivity index (χ0n) is 16.0. The number of carbonyl (C=O) groups excluding carboxylic acids is 2. The number of nitrogens with zero attached hydrogens (tertiary/aromatic N) is 1. The lowest BCUT2D eigenvalue weighted by molar-refractivity contribution is -0.112. The maximum Gasteiger partial charge on any atom is 0.340 e. The molecule has 0 fully saturated rings. The van der Waals surface area contributed by atoms with Crippen LogP contribution in [-0.4, -0.2) is 30.3 Å². The smallest absolute Gasteiger partial charge is 0.340 e. The molecule has 1 N–H and O–H groups in total. The number of nitrogens with one attached hydrogen (secondary N) is 1. The van der Waals surface area contributed by atoms with Crippen molar-refractivity contribution < 1.29 is 19.1 Å². The number of rotatable bonds is 6. The van der Waals surface area contributed by atoms with Crippen LogP contribution in [0.25, 0.3) is 16.8 Å². The van der Waals surface area contributed by atoms with E-state index in [0.29, 0.717) is 23.1 Å². The third-order valence-corrected chi connectivity index (χ3v) is 4.19. The second kappa shape index (κ2) is 8.88.